The molecule has 0 aliphatic rings. The molecule has 25 heavy (non-hydrogen) atoms. The van der Waals surface area contributed by atoms with Crippen LogP contribution in [0, 0.1) is 0 Å². The van der Waals surface area contributed by atoms with Crippen LogP contribution in [-0.4, -0.2) is 44.7 Å². The Morgan fingerprint density at radius 2 is 1.56 bits per heavy atom. The van der Waals surface area contributed by atoms with Gasteiger partial charge < -0.3 is 19.3 Å². The number of ether oxygens (including phenoxy) is 3. The first-order valence-electron chi connectivity index (χ1n) is 7.05. The van der Waals surface area contributed by atoms with E-state index < -0.39 is 11.9 Å². The van der Waals surface area contributed by atoms with Gasteiger partial charge in [-0.05, 0) is 36.4 Å². The van der Waals surface area contributed by atoms with Crippen molar-refractivity contribution in [3.63, 3.8) is 0 Å². The molecule has 1 N–H and O–H groups in total. The lowest BCUT2D eigenvalue weighted by Gasteiger charge is -2.06. The van der Waals surface area contributed by atoms with Crippen LogP contribution < -0.4 is 9.47 Å². The molecule has 0 fully saturated rings. The van der Waals surface area contributed by atoms with Crippen molar-refractivity contribution in [2.75, 3.05) is 21.3 Å². The SMILES string of the molecule is COC(=O)c1cccc(C(=O)O)c1.COc1ccc(C=O)cc1OC. The molecule has 0 aliphatic heterocycles. The predicted molar refractivity (Wildman–Crippen MR) is 89.7 cm³/mol. The summed E-state index contributed by atoms with van der Waals surface area (Å²) in [5.41, 5.74) is 0.887. The van der Waals surface area contributed by atoms with E-state index in [-0.39, 0.29) is 11.1 Å². The van der Waals surface area contributed by atoms with E-state index in [0.717, 1.165) is 6.29 Å². The number of rotatable bonds is 5. The van der Waals surface area contributed by atoms with E-state index in [2.05, 4.69) is 4.74 Å². The van der Waals surface area contributed by atoms with Crippen molar-refractivity contribution in [3.05, 3.63) is 59.2 Å². The van der Waals surface area contributed by atoms with Crippen molar-refractivity contribution in [1.29, 1.82) is 0 Å². The highest BCUT2D eigenvalue weighted by Crippen LogP contribution is 2.26. The molecule has 7 nitrogen and oxygen atoms in total. The molecule has 7 heteroatoms. The number of benzene rings is 2. The minimum Gasteiger partial charge on any atom is -0.493 e. The number of carboxylic acids is 1. The van der Waals surface area contributed by atoms with Gasteiger partial charge >= 0.3 is 11.9 Å². The van der Waals surface area contributed by atoms with Crippen LogP contribution in [0.2, 0.25) is 0 Å². The van der Waals surface area contributed by atoms with Crippen LogP contribution in [0.15, 0.2) is 42.5 Å². The fraction of sp³-hybridized carbons (Fsp3) is 0.167. The van der Waals surface area contributed by atoms with Gasteiger partial charge in [-0.1, -0.05) is 6.07 Å². The van der Waals surface area contributed by atoms with Crippen LogP contribution in [0.4, 0.5) is 0 Å². The van der Waals surface area contributed by atoms with E-state index in [1.165, 1.54) is 38.5 Å². The number of methoxy groups -OCH3 is 3. The zero-order chi connectivity index (χ0) is 18.8. The van der Waals surface area contributed by atoms with Crippen molar-refractivity contribution in [2.45, 2.75) is 0 Å². The van der Waals surface area contributed by atoms with Gasteiger partial charge in [-0.3, -0.25) is 4.79 Å². The van der Waals surface area contributed by atoms with Crippen LogP contribution in [0.3, 0.4) is 0 Å². The van der Waals surface area contributed by atoms with Crippen LogP contribution in [0.1, 0.15) is 31.1 Å². The molecule has 0 amide bonds. The number of esters is 1. The zero-order valence-electron chi connectivity index (χ0n) is 14.0. The lowest BCUT2D eigenvalue weighted by atomic mass is 10.1. The molecular formula is C18H18O7. The largest absolute Gasteiger partial charge is 0.493 e. The number of aromatic carboxylic acids is 1. The Balaban J connectivity index is 0.000000251. The van der Waals surface area contributed by atoms with E-state index >= 15 is 0 Å². The summed E-state index contributed by atoms with van der Waals surface area (Å²) in [6.07, 6.45) is 0.766. The van der Waals surface area contributed by atoms with Crippen molar-refractivity contribution in [2.24, 2.45) is 0 Å². The van der Waals surface area contributed by atoms with Gasteiger partial charge in [0.15, 0.2) is 11.5 Å². The Kier molecular flexibility index (Phi) is 7.65. The van der Waals surface area contributed by atoms with Gasteiger partial charge in [-0.2, -0.15) is 0 Å². The summed E-state index contributed by atoms with van der Waals surface area (Å²) in [6, 6.07) is 10.7. The van der Waals surface area contributed by atoms with Crippen LogP contribution >= 0.6 is 0 Å². The first-order valence-corrected chi connectivity index (χ1v) is 7.05. The summed E-state index contributed by atoms with van der Waals surface area (Å²) in [7, 11) is 4.33. The fourth-order valence-corrected chi connectivity index (χ4v) is 1.82. The molecule has 0 spiro atoms. The molecular weight excluding hydrogens is 328 g/mol. The molecule has 2 aromatic rings. The van der Waals surface area contributed by atoms with Crippen LogP contribution in [0.5, 0.6) is 11.5 Å². The molecule has 2 aromatic carbocycles. The van der Waals surface area contributed by atoms with Gasteiger partial charge in [0.1, 0.15) is 6.29 Å². The van der Waals surface area contributed by atoms with Gasteiger partial charge in [0.2, 0.25) is 0 Å². The van der Waals surface area contributed by atoms with E-state index in [1.807, 2.05) is 0 Å². The quantitative estimate of drug-likeness (QED) is 0.656. The van der Waals surface area contributed by atoms with Crippen LogP contribution in [-0.2, 0) is 4.74 Å². The number of carboxylic acid groups (broad SMARTS) is 1. The van der Waals surface area contributed by atoms with Gasteiger partial charge in [0, 0.05) is 5.56 Å². The second-order valence-corrected chi connectivity index (χ2v) is 4.61. The average Bonchev–Trinajstić information content (AvgIpc) is 2.67. The van der Waals surface area contributed by atoms with Crippen molar-refractivity contribution < 1.29 is 33.7 Å². The molecule has 2 rings (SSSR count). The zero-order valence-corrected chi connectivity index (χ0v) is 14.0. The number of aldehydes is 1. The molecule has 0 aliphatic carbocycles. The third-order valence-corrected chi connectivity index (χ3v) is 3.07. The van der Waals surface area contributed by atoms with E-state index in [4.69, 9.17) is 14.6 Å². The smallest absolute Gasteiger partial charge is 0.337 e. The molecule has 0 saturated carbocycles. The highest BCUT2D eigenvalue weighted by Gasteiger charge is 2.08. The first kappa shape index (κ1) is 19.7. The summed E-state index contributed by atoms with van der Waals surface area (Å²) in [5, 5.41) is 8.61. The molecule has 0 bridgehead atoms. The normalized spacial score (nSPS) is 9.24. The van der Waals surface area contributed by atoms with Crippen molar-refractivity contribution >= 4 is 18.2 Å². The van der Waals surface area contributed by atoms with E-state index in [1.54, 1.807) is 25.3 Å². The molecule has 0 unspecified atom stereocenters. The second-order valence-electron chi connectivity index (χ2n) is 4.61. The average molecular weight is 346 g/mol. The maximum atomic E-state index is 11.0. The minimum atomic E-state index is -1.06. The molecule has 0 heterocycles. The minimum absolute atomic E-state index is 0.0721. The Labute approximate surface area is 144 Å². The van der Waals surface area contributed by atoms with Gasteiger partial charge in [-0.15, -0.1) is 0 Å². The molecule has 0 radical (unpaired) electrons. The second kappa shape index (κ2) is 9.71. The Morgan fingerprint density at radius 3 is 2.08 bits per heavy atom. The van der Waals surface area contributed by atoms with Gasteiger partial charge in [-0.25, -0.2) is 9.59 Å². The maximum absolute atomic E-state index is 11.0. The summed E-state index contributed by atoms with van der Waals surface area (Å²) in [4.78, 5) is 31.9. The summed E-state index contributed by atoms with van der Waals surface area (Å²) >= 11 is 0. The Bertz CT molecular complexity index is 753. The maximum Gasteiger partial charge on any atom is 0.337 e. The number of hydrogen-bond donors (Lipinski definition) is 1. The lowest BCUT2D eigenvalue weighted by molar-refractivity contribution is 0.0600. The van der Waals surface area contributed by atoms with E-state index in [0.29, 0.717) is 17.1 Å². The summed E-state index contributed by atoms with van der Waals surface area (Å²) in [5.74, 6) is -0.404. The number of hydrogen-bond acceptors (Lipinski definition) is 6. The van der Waals surface area contributed by atoms with E-state index in [9.17, 15) is 14.4 Å². The van der Waals surface area contributed by atoms with Crippen molar-refractivity contribution in [3.8, 4) is 11.5 Å². The first-order chi connectivity index (χ1) is 12.0. The fourth-order valence-electron chi connectivity index (χ4n) is 1.82. The third-order valence-electron chi connectivity index (χ3n) is 3.07. The lowest BCUT2D eigenvalue weighted by Crippen LogP contribution is -2.03. The van der Waals surface area contributed by atoms with Gasteiger partial charge in [0.05, 0.1) is 32.5 Å². The predicted octanol–water partition coefficient (Wildman–Crippen LogP) is 2.69. The van der Waals surface area contributed by atoms with Gasteiger partial charge in [0.25, 0.3) is 0 Å². The highest BCUT2D eigenvalue weighted by molar-refractivity contribution is 5.94. The monoisotopic (exact) mass is 346 g/mol. The van der Waals surface area contributed by atoms with Crippen LogP contribution in [0.25, 0.3) is 0 Å². The molecule has 0 saturated heterocycles. The summed E-state index contributed by atoms with van der Waals surface area (Å²) < 4.78 is 14.4. The molecule has 0 aromatic heterocycles. The topological polar surface area (TPSA) is 99.1 Å². The van der Waals surface area contributed by atoms with Crippen molar-refractivity contribution in [1.82, 2.24) is 0 Å². The summed E-state index contributed by atoms with van der Waals surface area (Å²) in [6.45, 7) is 0. The molecule has 0 atom stereocenters. The Hall–Kier alpha value is -3.35. The molecule has 132 valence electrons. The Morgan fingerprint density at radius 1 is 0.920 bits per heavy atom. The third kappa shape index (κ3) is 5.65. The highest BCUT2D eigenvalue weighted by atomic mass is 16.5. The standard InChI is InChI=1S/C9H8O4.C9H10O3/c1-13-9(12)7-4-2-3-6(5-7)8(10)11;1-11-8-4-3-7(6-10)5-9(8)12-2/h2-5H,1H3,(H,10,11);3-6H,1-2H3. The number of carbonyl (C=O) groups excluding carboxylic acids is 2. The number of carbonyl (C=O) groups is 3.